The van der Waals surface area contributed by atoms with Gasteiger partial charge in [0.25, 0.3) is 0 Å². The van der Waals surface area contributed by atoms with E-state index in [1.54, 1.807) is 17.3 Å². The lowest BCUT2D eigenvalue weighted by molar-refractivity contribution is -0.129. The van der Waals surface area contributed by atoms with E-state index in [0.29, 0.717) is 37.5 Å². The number of nitrogens with one attached hydrogen (secondary N) is 1. The zero-order valence-electron chi connectivity index (χ0n) is 21.0. The van der Waals surface area contributed by atoms with E-state index in [4.69, 9.17) is 4.98 Å². The predicted octanol–water partition coefficient (Wildman–Crippen LogP) is 4.04. The highest BCUT2D eigenvalue weighted by Crippen LogP contribution is 2.31. The lowest BCUT2D eigenvalue weighted by atomic mass is 10.1. The van der Waals surface area contributed by atoms with Crippen molar-refractivity contribution in [2.75, 3.05) is 60.9 Å². The second-order valence-electron chi connectivity index (χ2n) is 9.67. The van der Waals surface area contributed by atoms with Gasteiger partial charge in [-0.2, -0.15) is 0 Å². The Bertz CT molecular complexity index is 1440. The molecule has 4 aromatic rings. The van der Waals surface area contributed by atoms with Gasteiger partial charge in [-0.15, -0.1) is 0 Å². The van der Waals surface area contributed by atoms with Crippen LogP contribution in [0.5, 0.6) is 0 Å². The van der Waals surface area contributed by atoms with Crippen molar-refractivity contribution in [1.82, 2.24) is 19.3 Å². The molecule has 2 fully saturated rings. The van der Waals surface area contributed by atoms with Gasteiger partial charge in [0.05, 0.1) is 18.4 Å². The van der Waals surface area contributed by atoms with Gasteiger partial charge < -0.3 is 20.0 Å². The summed E-state index contributed by atoms with van der Waals surface area (Å²) in [6, 6.07) is 12.0. The van der Waals surface area contributed by atoms with Crippen molar-refractivity contribution in [2.45, 2.75) is 12.8 Å². The average molecular weight is 518 g/mol. The average Bonchev–Trinajstić information content (AvgIpc) is 3.61. The Hall–Kier alpha value is -4.21. The first kappa shape index (κ1) is 24.1. The summed E-state index contributed by atoms with van der Waals surface area (Å²) >= 11 is 0. The van der Waals surface area contributed by atoms with Crippen LogP contribution in [0.25, 0.3) is 16.9 Å². The number of hydrogen-bond donors (Lipinski definition) is 1. The van der Waals surface area contributed by atoms with Crippen LogP contribution in [-0.4, -0.2) is 71.0 Å². The van der Waals surface area contributed by atoms with E-state index in [9.17, 15) is 13.6 Å². The van der Waals surface area contributed by atoms with Crippen LogP contribution in [0.3, 0.4) is 0 Å². The number of aromatic nitrogens is 3. The number of amides is 1. The number of fused-ring (bicyclic) bond motifs is 1. The van der Waals surface area contributed by atoms with E-state index >= 15 is 0 Å². The minimum absolute atomic E-state index is 0.0523. The SMILES string of the molecule is O=C(CNc1c(-c2ccc(N3CCCC3)cc2)nc2cnccn12)N1CCN(c2ccc(F)cc2F)CC1. The molecule has 8 nitrogen and oxygen atoms in total. The van der Waals surface area contributed by atoms with E-state index in [1.165, 1.54) is 30.7 Å². The molecule has 6 rings (SSSR count). The van der Waals surface area contributed by atoms with Crippen LogP contribution in [0.1, 0.15) is 12.8 Å². The molecule has 0 atom stereocenters. The summed E-state index contributed by atoms with van der Waals surface area (Å²) in [4.78, 5) is 28.1. The first-order valence-corrected chi connectivity index (χ1v) is 13.0. The van der Waals surface area contributed by atoms with Crippen LogP contribution in [-0.2, 0) is 4.79 Å². The minimum atomic E-state index is -0.601. The third-order valence-electron chi connectivity index (χ3n) is 7.33. The minimum Gasteiger partial charge on any atom is -0.372 e. The van der Waals surface area contributed by atoms with E-state index in [-0.39, 0.29) is 12.5 Å². The van der Waals surface area contributed by atoms with Gasteiger partial charge in [-0.3, -0.25) is 14.2 Å². The Morgan fingerprint density at radius 2 is 1.68 bits per heavy atom. The summed E-state index contributed by atoms with van der Waals surface area (Å²) in [6.45, 7) is 4.13. The number of hydrogen-bond acceptors (Lipinski definition) is 6. The maximum absolute atomic E-state index is 14.2. The summed E-state index contributed by atoms with van der Waals surface area (Å²) in [5, 5.41) is 3.32. The fraction of sp³-hybridized carbons (Fsp3) is 0.321. The molecule has 0 unspecified atom stereocenters. The Labute approximate surface area is 219 Å². The first-order chi connectivity index (χ1) is 18.6. The van der Waals surface area contributed by atoms with E-state index in [2.05, 4.69) is 39.5 Å². The number of halogens is 2. The molecule has 2 aliphatic heterocycles. The Kier molecular flexibility index (Phi) is 6.53. The van der Waals surface area contributed by atoms with Crippen LogP contribution in [0.15, 0.2) is 61.1 Å². The van der Waals surface area contributed by atoms with Crippen LogP contribution >= 0.6 is 0 Å². The normalized spacial score (nSPS) is 15.9. The van der Waals surface area contributed by atoms with Crippen molar-refractivity contribution in [1.29, 1.82) is 0 Å². The van der Waals surface area contributed by atoms with Gasteiger partial charge in [0, 0.05) is 69.0 Å². The van der Waals surface area contributed by atoms with Gasteiger partial charge in [-0.05, 0) is 37.1 Å². The fourth-order valence-electron chi connectivity index (χ4n) is 5.29. The molecule has 10 heteroatoms. The standard InChI is InChI=1S/C28H29F2N7O/c29-21-5-8-24(23(30)17-21)35-13-15-36(16-14-35)26(38)19-32-28-27(33-25-18-31-9-12-37(25)28)20-3-6-22(7-4-20)34-10-1-2-11-34/h3-9,12,17-18,32H,1-2,10-11,13-16,19H2. The molecule has 38 heavy (non-hydrogen) atoms. The summed E-state index contributed by atoms with van der Waals surface area (Å²) in [6.07, 6.45) is 7.66. The Balaban J connectivity index is 1.15. The lowest BCUT2D eigenvalue weighted by Gasteiger charge is -2.36. The van der Waals surface area contributed by atoms with Crippen molar-refractivity contribution in [2.24, 2.45) is 0 Å². The monoisotopic (exact) mass is 517 g/mol. The van der Waals surface area contributed by atoms with Crippen molar-refractivity contribution < 1.29 is 13.6 Å². The number of imidazole rings is 1. The maximum atomic E-state index is 14.2. The summed E-state index contributed by atoms with van der Waals surface area (Å²) < 4.78 is 29.4. The molecule has 0 aliphatic carbocycles. The molecule has 196 valence electrons. The molecule has 2 aliphatic rings. The number of piperazine rings is 1. The molecule has 2 aromatic heterocycles. The van der Waals surface area contributed by atoms with Gasteiger partial charge in [-0.25, -0.2) is 13.8 Å². The summed E-state index contributed by atoms with van der Waals surface area (Å²) in [7, 11) is 0. The van der Waals surface area contributed by atoms with Crippen LogP contribution in [0.2, 0.25) is 0 Å². The lowest BCUT2D eigenvalue weighted by Crippen LogP contribution is -2.50. The first-order valence-electron chi connectivity index (χ1n) is 13.0. The van der Waals surface area contributed by atoms with Crippen molar-refractivity contribution in [3.05, 3.63) is 72.7 Å². The van der Waals surface area contributed by atoms with Gasteiger partial charge in [0.2, 0.25) is 5.91 Å². The van der Waals surface area contributed by atoms with Crippen LogP contribution in [0, 0.1) is 11.6 Å². The third kappa shape index (κ3) is 4.73. The van der Waals surface area contributed by atoms with Crippen molar-refractivity contribution >= 4 is 28.7 Å². The molecular weight excluding hydrogens is 488 g/mol. The van der Waals surface area contributed by atoms with Gasteiger partial charge >= 0.3 is 0 Å². The Morgan fingerprint density at radius 3 is 2.42 bits per heavy atom. The number of rotatable bonds is 6. The summed E-state index contributed by atoms with van der Waals surface area (Å²) in [5.74, 6) is -0.508. The quantitative estimate of drug-likeness (QED) is 0.417. The van der Waals surface area contributed by atoms with E-state index in [1.807, 2.05) is 15.5 Å². The van der Waals surface area contributed by atoms with Gasteiger partial charge in [0.1, 0.15) is 23.1 Å². The Morgan fingerprint density at radius 1 is 0.921 bits per heavy atom. The van der Waals surface area contributed by atoms with Gasteiger partial charge in [-0.1, -0.05) is 12.1 Å². The third-order valence-corrected chi connectivity index (χ3v) is 7.33. The van der Waals surface area contributed by atoms with Crippen LogP contribution in [0.4, 0.5) is 26.0 Å². The number of nitrogens with zero attached hydrogens (tertiary/aromatic N) is 6. The molecule has 4 heterocycles. The molecule has 0 spiro atoms. The predicted molar refractivity (Wildman–Crippen MR) is 144 cm³/mol. The topological polar surface area (TPSA) is 69.0 Å². The maximum Gasteiger partial charge on any atom is 0.242 e. The number of benzene rings is 2. The van der Waals surface area contributed by atoms with E-state index < -0.39 is 11.6 Å². The molecule has 0 bridgehead atoms. The molecule has 0 saturated carbocycles. The number of carbonyl (C=O) groups excluding carboxylic acids is 1. The van der Waals surface area contributed by atoms with Crippen LogP contribution < -0.4 is 15.1 Å². The molecular formula is C28H29F2N7O. The highest BCUT2D eigenvalue weighted by atomic mass is 19.1. The second-order valence-corrected chi connectivity index (χ2v) is 9.67. The van der Waals surface area contributed by atoms with Crippen molar-refractivity contribution in [3.63, 3.8) is 0 Å². The fourth-order valence-corrected chi connectivity index (χ4v) is 5.29. The zero-order valence-corrected chi connectivity index (χ0v) is 21.0. The second kappa shape index (κ2) is 10.3. The largest absolute Gasteiger partial charge is 0.372 e. The molecule has 2 aromatic carbocycles. The number of anilines is 3. The molecule has 2 saturated heterocycles. The molecule has 0 radical (unpaired) electrons. The molecule has 1 N–H and O–H groups in total. The van der Waals surface area contributed by atoms with Gasteiger partial charge in [0.15, 0.2) is 5.65 Å². The smallest absolute Gasteiger partial charge is 0.242 e. The summed E-state index contributed by atoms with van der Waals surface area (Å²) in [5.41, 5.74) is 3.98. The molecule has 1 amide bonds. The number of carbonyl (C=O) groups is 1. The highest BCUT2D eigenvalue weighted by Gasteiger charge is 2.24. The van der Waals surface area contributed by atoms with Crippen molar-refractivity contribution in [3.8, 4) is 11.3 Å². The zero-order chi connectivity index (χ0) is 26.1. The highest BCUT2D eigenvalue weighted by molar-refractivity contribution is 5.84. The van der Waals surface area contributed by atoms with E-state index in [0.717, 1.165) is 36.2 Å².